The standard InChI is InChI=1S/C21H24N4O2.H2O/c1-21(2,3)20-17(23-13-24-20)10-16-19(18(27)12-26)25-15(11-22-16)9-14-7-5-4-6-8-14;/h4-10,12-13,19,22,25H,11H2,1-3H3,(H,23,24);1H2/b15-9-,16-10-;. The molecule has 3 rings (SSSR count). The van der Waals surface area contributed by atoms with Gasteiger partial charge in [0.2, 0.25) is 5.78 Å². The van der Waals surface area contributed by atoms with Gasteiger partial charge in [-0.3, -0.25) is 9.59 Å². The second-order valence-corrected chi connectivity index (χ2v) is 7.54. The van der Waals surface area contributed by atoms with Crippen molar-refractivity contribution in [1.82, 2.24) is 20.6 Å². The van der Waals surface area contributed by atoms with Gasteiger partial charge in [-0.05, 0) is 17.7 Å². The van der Waals surface area contributed by atoms with Crippen LogP contribution < -0.4 is 10.6 Å². The smallest absolute Gasteiger partial charge is 0.223 e. The summed E-state index contributed by atoms with van der Waals surface area (Å²) in [6.07, 6.45) is 5.79. The van der Waals surface area contributed by atoms with Crippen LogP contribution in [-0.4, -0.2) is 40.1 Å². The van der Waals surface area contributed by atoms with Gasteiger partial charge in [0.25, 0.3) is 0 Å². The molecule has 1 unspecified atom stereocenters. The molecule has 1 aromatic heterocycles. The number of aromatic nitrogens is 2. The van der Waals surface area contributed by atoms with E-state index in [1.165, 1.54) is 0 Å². The Labute approximate surface area is 164 Å². The molecule has 1 saturated heterocycles. The average Bonchev–Trinajstić information content (AvgIpc) is 3.12. The van der Waals surface area contributed by atoms with Crippen LogP contribution in [0.25, 0.3) is 12.2 Å². The van der Waals surface area contributed by atoms with Gasteiger partial charge in [0.1, 0.15) is 6.04 Å². The Morgan fingerprint density at radius 1 is 1.18 bits per heavy atom. The van der Waals surface area contributed by atoms with E-state index in [9.17, 15) is 9.59 Å². The molecule has 1 aliphatic rings. The number of hydrogen-bond donors (Lipinski definition) is 3. The first-order valence-corrected chi connectivity index (χ1v) is 8.89. The molecule has 0 bridgehead atoms. The van der Waals surface area contributed by atoms with Gasteiger partial charge in [0.15, 0.2) is 6.29 Å². The van der Waals surface area contributed by atoms with Crippen LogP contribution in [-0.2, 0) is 15.0 Å². The number of carbonyl (C=O) groups excluding carboxylic acids is 2. The number of H-pyrrole nitrogens is 1. The number of nitrogens with one attached hydrogen (secondary N) is 3. The molecule has 0 aliphatic carbocycles. The molecule has 7 nitrogen and oxygen atoms in total. The number of imidazole rings is 1. The molecular formula is C21H26N4O3. The second-order valence-electron chi connectivity index (χ2n) is 7.54. The van der Waals surface area contributed by atoms with E-state index >= 15 is 0 Å². The zero-order chi connectivity index (χ0) is 19.4. The topological polar surface area (TPSA) is 118 Å². The number of hydrogen-bond acceptors (Lipinski definition) is 5. The summed E-state index contributed by atoms with van der Waals surface area (Å²) in [5.41, 5.74) is 4.11. The lowest BCUT2D eigenvalue weighted by Gasteiger charge is -2.29. The molecule has 1 aromatic carbocycles. The van der Waals surface area contributed by atoms with Crippen LogP contribution in [0.5, 0.6) is 0 Å². The summed E-state index contributed by atoms with van der Waals surface area (Å²) < 4.78 is 0. The molecule has 5 N–H and O–H groups in total. The maximum Gasteiger partial charge on any atom is 0.223 e. The third-order valence-corrected chi connectivity index (χ3v) is 4.38. The fourth-order valence-electron chi connectivity index (χ4n) is 3.05. The summed E-state index contributed by atoms with van der Waals surface area (Å²) >= 11 is 0. The summed E-state index contributed by atoms with van der Waals surface area (Å²) in [5.74, 6) is -0.528. The summed E-state index contributed by atoms with van der Waals surface area (Å²) in [6.45, 7) is 6.79. The lowest BCUT2D eigenvalue weighted by Crippen LogP contribution is -2.49. The van der Waals surface area contributed by atoms with Gasteiger partial charge >= 0.3 is 0 Å². The highest BCUT2D eigenvalue weighted by Gasteiger charge is 2.28. The highest BCUT2D eigenvalue weighted by Crippen LogP contribution is 2.25. The zero-order valence-electron chi connectivity index (χ0n) is 16.2. The van der Waals surface area contributed by atoms with Crippen molar-refractivity contribution in [1.29, 1.82) is 0 Å². The Balaban J connectivity index is 0.00000280. The second kappa shape index (κ2) is 8.67. The summed E-state index contributed by atoms with van der Waals surface area (Å²) in [4.78, 5) is 30.9. The molecule has 28 heavy (non-hydrogen) atoms. The fraction of sp³-hybridized carbons (Fsp3) is 0.286. The number of Topliss-reactive ketones (excluding diaryl/α,β-unsaturated/α-hetero) is 1. The van der Waals surface area contributed by atoms with Crippen LogP contribution >= 0.6 is 0 Å². The van der Waals surface area contributed by atoms with E-state index in [1.807, 2.05) is 42.5 Å². The minimum atomic E-state index is -0.754. The van der Waals surface area contributed by atoms with Crippen LogP contribution in [0.2, 0.25) is 0 Å². The van der Waals surface area contributed by atoms with Crippen molar-refractivity contribution in [2.45, 2.75) is 32.2 Å². The molecule has 1 aliphatic heterocycles. The maximum atomic E-state index is 12.2. The van der Waals surface area contributed by atoms with Crippen molar-refractivity contribution < 1.29 is 15.1 Å². The lowest BCUT2D eigenvalue weighted by atomic mass is 9.90. The predicted octanol–water partition coefficient (Wildman–Crippen LogP) is 1.59. The molecular weight excluding hydrogens is 356 g/mol. The first-order valence-electron chi connectivity index (χ1n) is 8.89. The number of aldehydes is 1. The normalized spacial score (nSPS) is 19.5. The zero-order valence-corrected chi connectivity index (χ0v) is 16.2. The summed E-state index contributed by atoms with van der Waals surface area (Å²) in [7, 11) is 0. The lowest BCUT2D eigenvalue weighted by molar-refractivity contribution is -0.130. The van der Waals surface area contributed by atoms with Crippen LogP contribution in [0.4, 0.5) is 0 Å². The number of piperazine rings is 1. The van der Waals surface area contributed by atoms with Gasteiger partial charge in [-0.2, -0.15) is 0 Å². The van der Waals surface area contributed by atoms with E-state index in [4.69, 9.17) is 0 Å². The SMILES string of the molecule is CC(C)(C)c1[nH]cnc1/C=C1\NC/C(=C/c2ccccc2)NC1C(=O)C=O.O. The van der Waals surface area contributed by atoms with Crippen molar-refractivity contribution in [3.8, 4) is 0 Å². The van der Waals surface area contributed by atoms with Gasteiger partial charge < -0.3 is 21.1 Å². The molecule has 0 saturated carbocycles. The van der Waals surface area contributed by atoms with Crippen LogP contribution in [0, 0.1) is 0 Å². The molecule has 1 fully saturated rings. The highest BCUT2D eigenvalue weighted by atomic mass is 16.2. The number of nitrogens with zero attached hydrogens (tertiary/aromatic N) is 1. The minimum Gasteiger partial charge on any atom is -0.412 e. The molecule has 0 radical (unpaired) electrons. The number of ketones is 1. The van der Waals surface area contributed by atoms with Crippen molar-refractivity contribution in [3.05, 3.63) is 65.0 Å². The van der Waals surface area contributed by atoms with Crippen LogP contribution in [0.15, 0.2) is 48.1 Å². The quantitative estimate of drug-likeness (QED) is 0.548. The van der Waals surface area contributed by atoms with Gasteiger partial charge in [-0.1, -0.05) is 51.1 Å². The Morgan fingerprint density at radius 3 is 2.54 bits per heavy atom. The monoisotopic (exact) mass is 382 g/mol. The van der Waals surface area contributed by atoms with Gasteiger partial charge in [-0.25, -0.2) is 4.98 Å². The molecule has 7 heteroatoms. The minimum absolute atomic E-state index is 0. The van der Waals surface area contributed by atoms with Gasteiger partial charge in [-0.15, -0.1) is 0 Å². The van der Waals surface area contributed by atoms with Crippen LogP contribution in [0.1, 0.15) is 37.7 Å². The largest absolute Gasteiger partial charge is 0.412 e. The van der Waals surface area contributed by atoms with E-state index in [-0.39, 0.29) is 10.9 Å². The van der Waals surface area contributed by atoms with E-state index in [2.05, 4.69) is 41.4 Å². The predicted molar refractivity (Wildman–Crippen MR) is 109 cm³/mol. The van der Waals surface area contributed by atoms with E-state index in [1.54, 1.807) is 6.33 Å². The van der Waals surface area contributed by atoms with Gasteiger partial charge in [0.05, 0.1) is 18.6 Å². The molecule has 0 amide bonds. The average molecular weight is 382 g/mol. The Hall–Kier alpha value is -3.19. The van der Waals surface area contributed by atoms with E-state index in [0.717, 1.165) is 22.6 Å². The van der Waals surface area contributed by atoms with Crippen molar-refractivity contribution >= 4 is 24.2 Å². The summed E-state index contributed by atoms with van der Waals surface area (Å²) in [5, 5.41) is 6.45. The van der Waals surface area contributed by atoms with Gasteiger partial charge in [0, 0.05) is 22.5 Å². The Morgan fingerprint density at radius 2 is 1.89 bits per heavy atom. The number of carbonyl (C=O) groups is 2. The maximum absolute atomic E-state index is 12.2. The van der Waals surface area contributed by atoms with Crippen molar-refractivity contribution in [2.75, 3.05) is 6.54 Å². The third-order valence-electron chi connectivity index (χ3n) is 4.38. The van der Waals surface area contributed by atoms with Crippen molar-refractivity contribution in [2.24, 2.45) is 0 Å². The Bertz CT molecular complexity index is 892. The Kier molecular flexibility index (Phi) is 6.53. The first kappa shape index (κ1) is 21.1. The fourth-order valence-corrected chi connectivity index (χ4v) is 3.05. The molecule has 148 valence electrons. The number of benzene rings is 1. The number of aromatic amines is 1. The molecule has 0 spiro atoms. The third kappa shape index (κ3) is 4.75. The van der Waals surface area contributed by atoms with E-state index < -0.39 is 11.8 Å². The first-order chi connectivity index (χ1) is 12.9. The molecule has 2 heterocycles. The molecule has 2 aromatic rings. The number of rotatable bonds is 4. The van der Waals surface area contributed by atoms with E-state index in [0.29, 0.717) is 18.5 Å². The highest BCUT2D eigenvalue weighted by molar-refractivity contribution is 6.28. The van der Waals surface area contributed by atoms with Crippen molar-refractivity contribution in [3.63, 3.8) is 0 Å². The van der Waals surface area contributed by atoms with Crippen LogP contribution in [0.3, 0.4) is 0 Å². The summed E-state index contributed by atoms with van der Waals surface area (Å²) in [6, 6.07) is 9.06. The molecule has 1 atom stereocenters.